The maximum Gasteiger partial charge on any atom is 0.199 e. The first-order valence-corrected chi connectivity index (χ1v) is 17.1. The number of rotatable bonds is 5. The monoisotopic (exact) mass is 651 g/mol. The molecule has 51 heavy (non-hydrogen) atoms. The normalized spacial score (nSPS) is 11.5. The van der Waals surface area contributed by atoms with E-state index in [1.165, 1.54) is 43.4 Å². The summed E-state index contributed by atoms with van der Waals surface area (Å²) < 4.78 is 6.17. The van der Waals surface area contributed by atoms with Crippen molar-refractivity contribution in [3.63, 3.8) is 0 Å². The van der Waals surface area contributed by atoms with Gasteiger partial charge >= 0.3 is 0 Å². The van der Waals surface area contributed by atoms with Crippen LogP contribution in [-0.2, 0) is 0 Å². The van der Waals surface area contributed by atoms with Crippen LogP contribution < -0.4 is 0 Å². The Kier molecular flexibility index (Phi) is 6.78. The van der Waals surface area contributed by atoms with Crippen molar-refractivity contribution in [3.8, 4) is 56.6 Å². The molecule has 0 radical (unpaired) electrons. The van der Waals surface area contributed by atoms with Crippen LogP contribution in [0, 0.1) is 0 Å². The van der Waals surface area contributed by atoms with E-state index in [1.807, 2.05) is 60.7 Å². The highest BCUT2D eigenvalue weighted by Gasteiger charge is 2.16. The summed E-state index contributed by atoms with van der Waals surface area (Å²) in [4.78, 5) is 14.6. The van der Waals surface area contributed by atoms with Gasteiger partial charge in [-0.1, -0.05) is 158 Å². The summed E-state index contributed by atoms with van der Waals surface area (Å²) in [6.45, 7) is 0. The lowest BCUT2D eigenvalue weighted by Crippen LogP contribution is -1.99. The SMILES string of the molecule is c1ccc(-c2nc(-c3ccc(-c4ccc(-c5c6ccccc6cc6c5ccc5ccccc56)cc4)cc3)nc(-c3cc4ccccc4o3)n2)cc1. The molecular weight excluding hydrogens is 623 g/mol. The van der Waals surface area contributed by atoms with Crippen molar-refractivity contribution in [2.75, 3.05) is 0 Å². The molecular formula is C47H29N3O. The van der Waals surface area contributed by atoms with E-state index in [-0.39, 0.29) is 0 Å². The molecule has 8 aromatic carbocycles. The highest BCUT2D eigenvalue weighted by molar-refractivity contribution is 6.20. The number of hydrogen-bond donors (Lipinski definition) is 0. The fourth-order valence-corrected chi connectivity index (χ4v) is 7.20. The summed E-state index contributed by atoms with van der Waals surface area (Å²) in [6.07, 6.45) is 0. The van der Waals surface area contributed by atoms with E-state index in [0.29, 0.717) is 23.2 Å². The zero-order valence-corrected chi connectivity index (χ0v) is 27.5. The Hall–Kier alpha value is -6.91. The number of para-hydroxylation sites is 1. The number of hydrogen-bond acceptors (Lipinski definition) is 4. The molecule has 0 amide bonds. The molecule has 2 heterocycles. The Labute approximate surface area is 294 Å². The first-order chi connectivity index (χ1) is 25.2. The Balaban J connectivity index is 1.03. The summed E-state index contributed by atoms with van der Waals surface area (Å²) in [7, 11) is 0. The molecule has 0 aliphatic carbocycles. The van der Waals surface area contributed by atoms with E-state index in [2.05, 4.69) is 115 Å². The van der Waals surface area contributed by atoms with Crippen LogP contribution in [0.4, 0.5) is 0 Å². The van der Waals surface area contributed by atoms with Gasteiger partial charge in [0.1, 0.15) is 5.58 Å². The van der Waals surface area contributed by atoms with Crippen molar-refractivity contribution >= 4 is 43.3 Å². The Morgan fingerprint density at radius 3 is 1.59 bits per heavy atom. The third kappa shape index (κ3) is 5.13. The van der Waals surface area contributed by atoms with Gasteiger partial charge in [-0.2, -0.15) is 0 Å². The summed E-state index contributed by atoms with van der Waals surface area (Å²) in [6, 6.07) is 61.5. The topological polar surface area (TPSA) is 51.8 Å². The van der Waals surface area contributed by atoms with E-state index in [9.17, 15) is 0 Å². The van der Waals surface area contributed by atoms with Crippen molar-refractivity contribution in [2.24, 2.45) is 0 Å². The van der Waals surface area contributed by atoms with E-state index in [0.717, 1.165) is 33.2 Å². The average Bonchev–Trinajstić information content (AvgIpc) is 3.65. The summed E-state index contributed by atoms with van der Waals surface area (Å²) in [5.74, 6) is 2.31. The second-order valence-electron chi connectivity index (χ2n) is 12.8. The number of furan rings is 1. The molecule has 0 aliphatic rings. The van der Waals surface area contributed by atoms with Gasteiger partial charge in [-0.3, -0.25) is 0 Å². The highest BCUT2D eigenvalue weighted by Crippen LogP contribution is 2.40. The second kappa shape index (κ2) is 11.9. The van der Waals surface area contributed by atoms with Gasteiger partial charge in [0.05, 0.1) is 0 Å². The predicted molar refractivity (Wildman–Crippen MR) is 209 cm³/mol. The maximum absolute atomic E-state index is 6.17. The van der Waals surface area contributed by atoms with Gasteiger partial charge in [0.2, 0.25) is 0 Å². The second-order valence-corrected chi connectivity index (χ2v) is 12.8. The van der Waals surface area contributed by atoms with Gasteiger partial charge < -0.3 is 4.42 Å². The molecule has 10 aromatic rings. The Morgan fingerprint density at radius 2 is 0.863 bits per heavy atom. The van der Waals surface area contributed by atoms with E-state index >= 15 is 0 Å². The van der Waals surface area contributed by atoms with Crippen LogP contribution >= 0.6 is 0 Å². The molecule has 0 atom stereocenters. The summed E-state index contributed by atoms with van der Waals surface area (Å²) in [5.41, 5.74) is 7.35. The summed E-state index contributed by atoms with van der Waals surface area (Å²) >= 11 is 0. The third-order valence-corrected chi connectivity index (χ3v) is 9.73. The van der Waals surface area contributed by atoms with Gasteiger partial charge in [-0.05, 0) is 72.8 Å². The molecule has 0 bridgehead atoms. The number of benzene rings is 8. The van der Waals surface area contributed by atoms with Crippen molar-refractivity contribution in [1.29, 1.82) is 0 Å². The number of fused-ring (bicyclic) bond motifs is 5. The lowest BCUT2D eigenvalue weighted by molar-refractivity contribution is 0.625. The largest absolute Gasteiger partial charge is 0.453 e. The minimum absolute atomic E-state index is 0.503. The molecule has 0 N–H and O–H groups in total. The van der Waals surface area contributed by atoms with Gasteiger partial charge in [0, 0.05) is 16.5 Å². The molecule has 0 saturated carbocycles. The molecule has 0 saturated heterocycles. The van der Waals surface area contributed by atoms with Crippen LogP contribution in [0.25, 0.3) is 99.9 Å². The van der Waals surface area contributed by atoms with E-state index in [1.54, 1.807) is 0 Å². The maximum atomic E-state index is 6.17. The van der Waals surface area contributed by atoms with Crippen molar-refractivity contribution < 1.29 is 4.42 Å². The summed E-state index contributed by atoms with van der Waals surface area (Å²) in [5, 5.41) is 8.58. The quantitative estimate of drug-likeness (QED) is 0.137. The van der Waals surface area contributed by atoms with Crippen LogP contribution in [-0.4, -0.2) is 15.0 Å². The van der Waals surface area contributed by atoms with E-state index < -0.39 is 0 Å². The van der Waals surface area contributed by atoms with Crippen LogP contribution in [0.1, 0.15) is 0 Å². The van der Waals surface area contributed by atoms with Crippen LogP contribution in [0.5, 0.6) is 0 Å². The van der Waals surface area contributed by atoms with Crippen molar-refractivity contribution in [3.05, 3.63) is 176 Å². The Morgan fingerprint density at radius 1 is 0.314 bits per heavy atom. The molecule has 238 valence electrons. The molecule has 0 aliphatic heterocycles. The fourth-order valence-electron chi connectivity index (χ4n) is 7.20. The zero-order valence-electron chi connectivity index (χ0n) is 27.5. The first-order valence-electron chi connectivity index (χ1n) is 17.1. The third-order valence-electron chi connectivity index (χ3n) is 9.73. The molecule has 10 rings (SSSR count). The zero-order chi connectivity index (χ0) is 33.7. The molecule has 2 aromatic heterocycles. The Bertz CT molecular complexity index is 2860. The van der Waals surface area contributed by atoms with Gasteiger partial charge in [-0.25, -0.2) is 15.0 Å². The van der Waals surface area contributed by atoms with Crippen LogP contribution in [0.3, 0.4) is 0 Å². The molecule has 0 fully saturated rings. The minimum Gasteiger partial charge on any atom is -0.453 e. The van der Waals surface area contributed by atoms with Crippen molar-refractivity contribution in [1.82, 2.24) is 15.0 Å². The smallest absolute Gasteiger partial charge is 0.199 e. The average molecular weight is 652 g/mol. The number of nitrogens with zero attached hydrogens (tertiary/aromatic N) is 3. The van der Waals surface area contributed by atoms with Crippen molar-refractivity contribution in [2.45, 2.75) is 0 Å². The fraction of sp³-hybridized carbons (Fsp3) is 0. The van der Waals surface area contributed by atoms with E-state index in [4.69, 9.17) is 19.4 Å². The van der Waals surface area contributed by atoms with Crippen LogP contribution in [0.15, 0.2) is 180 Å². The predicted octanol–water partition coefficient (Wildman–Crippen LogP) is 12.4. The highest BCUT2D eigenvalue weighted by atomic mass is 16.3. The van der Waals surface area contributed by atoms with Gasteiger partial charge in [0.15, 0.2) is 23.2 Å². The van der Waals surface area contributed by atoms with Gasteiger partial charge in [-0.15, -0.1) is 0 Å². The lowest BCUT2D eigenvalue weighted by atomic mass is 9.89. The molecule has 4 heteroatoms. The standard InChI is InChI=1S/C47H29N3O/c1-2-11-34(12-3-1)45-48-46(50-47(49-45)43-29-37-14-6-9-17-42(37)51-43)35-24-20-31(21-25-35)30-18-22-33(23-19-30)44-39-16-8-5-13-36(39)28-41-38-15-7-4-10-32(38)26-27-40(41)44/h1-29H. The van der Waals surface area contributed by atoms with Gasteiger partial charge in [0.25, 0.3) is 0 Å². The number of aromatic nitrogens is 3. The lowest BCUT2D eigenvalue weighted by Gasteiger charge is -2.14. The molecule has 0 spiro atoms. The minimum atomic E-state index is 0.503. The molecule has 0 unspecified atom stereocenters. The van der Waals surface area contributed by atoms with Crippen LogP contribution in [0.2, 0.25) is 0 Å². The molecule has 4 nitrogen and oxygen atoms in total. The first kappa shape index (κ1) is 29.0.